The van der Waals surface area contributed by atoms with Crippen LogP contribution in [0.15, 0.2) is 54.6 Å². The van der Waals surface area contributed by atoms with Crippen molar-refractivity contribution in [2.24, 2.45) is 0 Å². The number of carbonyl (C=O) groups excluding carboxylic acids is 1. The van der Waals surface area contributed by atoms with E-state index >= 15 is 0 Å². The van der Waals surface area contributed by atoms with Crippen LogP contribution < -0.4 is 14.8 Å². The zero-order valence-corrected chi connectivity index (χ0v) is 18.0. The van der Waals surface area contributed by atoms with E-state index in [1.54, 1.807) is 30.0 Å². The highest BCUT2D eigenvalue weighted by Gasteiger charge is 2.16. The van der Waals surface area contributed by atoms with Crippen LogP contribution in [-0.2, 0) is 0 Å². The van der Waals surface area contributed by atoms with Crippen molar-refractivity contribution in [2.75, 3.05) is 19.0 Å². The van der Waals surface area contributed by atoms with E-state index in [2.05, 4.69) is 10.4 Å². The van der Waals surface area contributed by atoms with E-state index < -0.39 is 0 Å². The average molecular weight is 416 g/mol. The van der Waals surface area contributed by atoms with Crippen LogP contribution in [0.4, 0.5) is 5.82 Å². The highest BCUT2D eigenvalue weighted by Crippen LogP contribution is 2.28. The second-order valence-corrected chi connectivity index (χ2v) is 7.15. The van der Waals surface area contributed by atoms with Crippen molar-refractivity contribution in [2.45, 2.75) is 20.8 Å². The van der Waals surface area contributed by atoms with Crippen LogP contribution in [0, 0.1) is 13.8 Å². The highest BCUT2D eigenvalue weighted by molar-refractivity contribution is 6.04. The van der Waals surface area contributed by atoms with E-state index in [1.807, 2.05) is 57.2 Å². The Labute approximate surface area is 180 Å². The SMILES string of the molecule is CCOc1cccc(C(=O)Nc2cc(C)nn2-c2cc(C)c3cccc(OC)c3n2)c1. The van der Waals surface area contributed by atoms with Gasteiger partial charge in [0.05, 0.1) is 19.4 Å². The molecular formula is C24H24N4O3. The lowest BCUT2D eigenvalue weighted by molar-refractivity contribution is 0.102. The molecular weight excluding hydrogens is 392 g/mol. The van der Waals surface area contributed by atoms with Crippen LogP contribution in [0.5, 0.6) is 11.5 Å². The lowest BCUT2D eigenvalue weighted by atomic mass is 10.1. The van der Waals surface area contributed by atoms with Gasteiger partial charge < -0.3 is 14.8 Å². The molecule has 1 N–H and O–H groups in total. The van der Waals surface area contributed by atoms with Crippen LogP contribution in [0.3, 0.4) is 0 Å². The Hall–Kier alpha value is -3.87. The molecule has 2 heterocycles. The molecule has 2 aromatic heterocycles. The Morgan fingerprint density at radius 3 is 2.68 bits per heavy atom. The lowest BCUT2D eigenvalue weighted by Crippen LogP contribution is -2.16. The summed E-state index contributed by atoms with van der Waals surface area (Å²) in [5.41, 5.74) is 3.04. The van der Waals surface area contributed by atoms with E-state index in [1.165, 1.54) is 0 Å². The molecule has 0 radical (unpaired) electrons. The third kappa shape index (κ3) is 4.07. The van der Waals surface area contributed by atoms with E-state index in [0.29, 0.717) is 35.3 Å². The van der Waals surface area contributed by atoms with Crippen LogP contribution in [0.1, 0.15) is 28.5 Å². The van der Waals surface area contributed by atoms with Crippen molar-refractivity contribution in [3.63, 3.8) is 0 Å². The largest absolute Gasteiger partial charge is 0.494 e. The Morgan fingerprint density at radius 2 is 1.90 bits per heavy atom. The van der Waals surface area contributed by atoms with E-state index in [4.69, 9.17) is 14.5 Å². The maximum absolute atomic E-state index is 12.9. The molecule has 0 aliphatic heterocycles. The van der Waals surface area contributed by atoms with Gasteiger partial charge in [0.25, 0.3) is 5.91 Å². The fraction of sp³-hybridized carbons (Fsp3) is 0.208. The van der Waals surface area contributed by atoms with Gasteiger partial charge in [-0.05, 0) is 56.7 Å². The number of ether oxygens (including phenoxy) is 2. The number of pyridine rings is 1. The summed E-state index contributed by atoms with van der Waals surface area (Å²) in [6.45, 7) is 6.33. The van der Waals surface area contributed by atoms with Gasteiger partial charge in [-0.3, -0.25) is 4.79 Å². The molecule has 4 rings (SSSR count). The lowest BCUT2D eigenvalue weighted by Gasteiger charge is -2.12. The molecule has 0 aliphatic carbocycles. The van der Waals surface area contributed by atoms with Crippen LogP contribution in [0.2, 0.25) is 0 Å². The van der Waals surface area contributed by atoms with Crippen molar-refractivity contribution >= 4 is 22.6 Å². The standard InChI is InChI=1S/C24H24N4O3/c1-5-31-18-9-6-8-17(14-18)24(29)26-22-13-16(3)27-28(22)21-12-15(2)19-10-7-11-20(30-4)23(19)25-21/h6-14H,5H2,1-4H3,(H,26,29). The van der Waals surface area contributed by atoms with Gasteiger partial charge in [-0.1, -0.05) is 18.2 Å². The molecule has 31 heavy (non-hydrogen) atoms. The molecule has 7 nitrogen and oxygen atoms in total. The molecule has 0 aliphatic rings. The molecule has 1 amide bonds. The number of nitrogens with zero attached hydrogens (tertiary/aromatic N) is 3. The van der Waals surface area contributed by atoms with Crippen LogP contribution in [-0.4, -0.2) is 34.4 Å². The molecule has 0 saturated heterocycles. The summed E-state index contributed by atoms with van der Waals surface area (Å²) in [4.78, 5) is 17.7. The van der Waals surface area contributed by atoms with Gasteiger partial charge in [-0.25, -0.2) is 4.98 Å². The zero-order valence-electron chi connectivity index (χ0n) is 18.0. The average Bonchev–Trinajstić information content (AvgIpc) is 3.13. The number of rotatable bonds is 6. The topological polar surface area (TPSA) is 78.3 Å². The third-order valence-electron chi connectivity index (χ3n) is 4.91. The molecule has 7 heteroatoms. The van der Waals surface area contributed by atoms with Gasteiger partial charge in [-0.2, -0.15) is 9.78 Å². The fourth-order valence-electron chi connectivity index (χ4n) is 3.49. The highest BCUT2D eigenvalue weighted by atomic mass is 16.5. The monoisotopic (exact) mass is 416 g/mol. The van der Waals surface area contributed by atoms with Gasteiger partial charge in [0.15, 0.2) is 5.82 Å². The number of hydrogen-bond donors (Lipinski definition) is 1. The Kier molecular flexibility index (Phi) is 5.58. The number of nitrogens with one attached hydrogen (secondary N) is 1. The molecule has 158 valence electrons. The normalized spacial score (nSPS) is 10.8. The maximum atomic E-state index is 12.9. The Morgan fingerprint density at radius 1 is 1.10 bits per heavy atom. The smallest absolute Gasteiger partial charge is 0.256 e. The third-order valence-corrected chi connectivity index (χ3v) is 4.91. The van der Waals surface area contributed by atoms with Gasteiger partial charge in [-0.15, -0.1) is 0 Å². The Bertz CT molecular complexity index is 1260. The first kappa shape index (κ1) is 20.4. The minimum Gasteiger partial charge on any atom is -0.494 e. The van der Waals surface area contributed by atoms with Crippen molar-refractivity contribution < 1.29 is 14.3 Å². The van der Waals surface area contributed by atoms with E-state index in [9.17, 15) is 4.79 Å². The van der Waals surface area contributed by atoms with Gasteiger partial charge >= 0.3 is 0 Å². The quantitative estimate of drug-likeness (QED) is 0.493. The minimum absolute atomic E-state index is 0.252. The van der Waals surface area contributed by atoms with Crippen molar-refractivity contribution in [3.05, 3.63) is 71.4 Å². The molecule has 0 fully saturated rings. The molecule has 0 spiro atoms. The first-order valence-electron chi connectivity index (χ1n) is 10.1. The van der Waals surface area contributed by atoms with E-state index in [-0.39, 0.29) is 5.91 Å². The zero-order chi connectivity index (χ0) is 22.0. The van der Waals surface area contributed by atoms with E-state index in [0.717, 1.165) is 22.2 Å². The number of carbonyl (C=O) groups is 1. The first-order chi connectivity index (χ1) is 15.0. The summed E-state index contributed by atoms with van der Waals surface area (Å²) in [7, 11) is 1.62. The number of para-hydroxylation sites is 1. The number of anilines is 1. The van der Waals surface area contributed by atoms with Crippen LogP contribution >= 0.6 is 0 Å². The number of aryl methyl sites for hydroxylation is 2. The number of amides is 1. The predicted molar refractivity (Wildman–Crippen MR) is 120 cm³/mol. The number of methoxy groups -OCH3 is 1. The number of benzene rings is 2. The summed E-state index contributed by atoms with van der Waals surface area (Å²) in [5.74, 6) is 2.22. The van der Waals surface area contributed by atoms with Crippen molar-refractivity contribution in [3.8, 4) is 17.3 Å². The van der Waals surface area contributed by atoms with Crippen molar-refractivity contribution in [1.29, 1.82) is 0 Å². The van der Waals surface area contributed by atoms with Crippen molar-refractivity contribution in [1.82, 2.24) is 14.8 Å². The summed E-state index contributed by atoms with van der Waals surface area (Å²) >= 11 is 0. The number of fused-ring (bicyclic) bond motifs is 1. The molecule has 0 unspecified atom stereocenters. The maximum Gasteiger partial charge on any atom is 0.256 e. The fourth-order valence-corrected chi connectivity index (χ4v) is 3.49. The number of hydrogen-bond acceptors (Lipinski definition) is 5. The van der Waals surface area contributed by atoms with Gasteiger partial charge in [0.2, 0.25) is 0 Å². The minimum atomic E-state index is -0.252. The Balaban J connectivity index is 1.73. The van der Waals surface area contributed by atoms with Gasteiger partial charge in [0, 0.05) is 17.0 Å². The molecule has 4 aromatic rings. The summed E-state index contributed by atoms with van der Waals surface area (Å²) < 4.78 is 12.6. The molecule has 0 bridgehead atoms. The summed E-state index contributed by atoms with van der Waals surface area (Å²) in [6, 6.07) is 16.7. The molecule has 2 aromatic carbocycles. The number of aromatic nitrogens is 3. The van der Waals surface area contributed by atoms with Gasteiger partial charge in [0.1, 0.15) is 22.8 Å². The predicted octanol–water partition coefficient (Wildman–Crippen LogP) is 4.70. The second kappa shape index (κ2) is 8.47. The van der Waals surface area contributed by atoms with Crippen LogP contribution in [0.25, 0.3) is 16.7 Å². The summed E-state index contributed by atoms with van der Waals surface area (Å²) in [6.07, 6.45) is 0. The summed E-state index contributed by atoms with van der Waals surface area (Å²) in [5, 5.41) is 8.50. The second-order valence-electron chi connectivity index (χ2n) is 7.15. The first-order valence-corrected chi connectivity index (χ1v) is 10.1. The molecule has 0 atom stereocenters. The molecule has 0 saturated carbocycles.